The Kier molecular flexibility index (Phi) is 2.06. The number of piperidine rings is 2. The van der Waals surface area contributed by atoms with Gasteiger partial charge in [0.25, 0.3) is 0 Å². The van der Waals surface area contributed by atoms with Crippen molar-refractivity contribution in [2.75, 3.05) is 13.1 Å². The van der Waals surface area contributed by atoms with Crippen molar-refractivity contribution in [3.8, 4) is 0 Å². The van der Waals surface area contributed by atoms with Crippen LogP contribution in [-0.2, 0) is 6.42 Å². The fraction of sp³-hybridized carbons (Fsp3) is 0.538. The first-order chi connectivity index (χ1) is 7.26. The summed E-state index contributed by atoms with van der Waals surface area (Å²) in [6.07, 6.45) is 3.70. The van der Waals surface area contributed by atoms with Crippen molar-refractivity contribution in [1.82, 2.24) is 5.32 Å². The van der Waals surface area contributed by atoms with Gasteiger partial charge < -0.3 is 5.32 Å². The summed E-state index contributed by atoms with van der Waals surface area (Å²) in [6, 6.07) is 7.05. The van der Waals surface area contributed by atoms with Crippen LogP contribution >= 0.6 is 0 Å². The summed E-state index contributed by atoms with van der Waals surface area (Å²) >= 11 is 0. The maximum absolute atomic E-state index is 13.0. The fourth-order valence-corrected chi connectivity index (χ4v) is 3.28. The van der Waals surface area contributed by atoms with E-state index in [1.165, 1.54) is 25.5 Å². The number of rotatable bonds is 2. The predicted molar refractivity (Wildman–Crippen MR) is 58.1 cm³/mol. The number of nitrogens with one attached hydrogen (secondary N) is 1. The van der Waals surface area contributed by atoms with E-state index in [1.54, 1.807) is 6.07 Å². The van der Waals surface area contributed by atoms with Gasteiger partial charge in [0.15, 0.2) is 0 Å². The standard InChI is InChI=1S/C13H16FN/c14-12-3-1-2-10(4-12)5-13-6-11(7-13)8-15-9-13/h1-4,11,15H,5-9H2. The van der Waals surface area contributed by atoms with Crippen molar-refractivity contribution in [3.05, 3.63) is 35.6 Å². The third kappa shape index (κ3) is 1.67. The van der Waals surface area contributed by atoms with Gasteiger partial charge in [-0.15, -0.1) is 0 Å². The van der Waals surface area contributed by atoms with E-state index in [9.17, 15) is 4.39 Å². The molecule has 3 fully saturated rings. The van der Waals surface area contributed by atoms with Gasteiger partial charge in [0.05, 0.1) is 0 Å². The summed E-state index contributed by atoms with van der Waals surface area (Å²) in [7, 11) is 0. The van der Waals surface area contributed by atoms with Crippen molar-refractivity contribution in [1.29, 1.82) is 0 Å². The molecule has 15 heavy (non-hydrogen) atoms. The summed E-state index contributed by atoms with van der Waals surface area (Å²) in [5.41, 5.74) is 1.59. The van der Waals surface area contributed by atoms with Gasteiger partial charge in [-0.2, -0.15) is 0 Å². The van der Waals surface area contributed by atoms with E-state index in [1.807, 2.05) is 12.1 Å². The van der Waals surface area contributed by atoms with Crippen molar-refractivity contribution < 1.29 is 4.39 Å². The quantitative estimate of drug-likeness (QED) is 0.781. The number of hydrogen-bond donors (Lipinski definition) is 1. The van der Waals surface area contributed by atoms with E-state index in [4.69, 9.17) is 0 Å². The molecule has 0 atom stereocenters. The van der Waals surface area contributed by atoms with Crippen LogP contribution in [0.25, 0.3) is 0 Å². The van der Waals surface area contributed by atoms with Crippen LogP contribution in [0.2, 0.25) is 0 Å². The lowest BCUT2D eigenvalue weighted by molar-refractivity contribution is 0.0145. The minimum atomic E-state index is -0.108. The summed E-state index contributed by atoms with van der Waals surface area (Å²) in [5, 5.41) is 3.47. The number of fused-ring (bicyclic) bond motifs is 2. The lowest BCUT2D eigenvalue weighted by Gasteiger charge is -2.53. The van der Waals surface area contributed by atoms with Gasteiger partial charge in [0, 0.05) is 6.54 Å². The molecule has 2 heterocycles. The monoisotopic (exact) mass is 205 g/mol. The average Bonchev–Trinajstić information content (AvgIpc) is 2.17. The van der Waals surface area contributed by atoms with Crippen LogP contribution in [-0.4, -0.2) is 13.1 Å². The van der Waals surface area contributed by atoms with Gasteiger partial charge in [-0.1, -0.05) is 12.1 Å². The molecule has 0 aromatic heterocycles. The van der Waals surface area contributed by atoms with Crippen molar-refractivity contribution >= 4 is 0 Å². The van der Waals surface area contributed by atoms with Crippen LogP contribution in [0.3, 0.4) is 0 Å². The lowest BCUT2D eigenvalue weighted by atomic mass is 9.57. The van der Waals surface area contributed by atoms with E-state index in [0.29, 0.717) is 5.41 Å². The molecular weight excluding hydrogens is 189 g/mol. The molecule has 80 valence electrons. The SMILES string of the molecule is Fc1cccc(CC23CNCC(C2)C3)c1. The molecule has 2 saturated heterocycles. The molecule has 1 aromatic rings. The van der Waals surface area contributed by atoms with E-state index in [2.05, 4.69) is 5.32 Å². The van der Waals surface area contributed by atoms with Crippen molar-refractivity contribution in [3.63, 3.8) is 0 Å². The Labute approximate surface area is 89.7 Å². The molecule has 1 N–H and O–H groups in total. The van der Waals surface area contributed by atoms with Crippen LogP contribution in [0.4, 0.5) is 4.39 Å². The first-order valence-corrected chi connectivity index (χ1v) is 5.71. The van der Waals surface area contributed by atoms with Crippen LogP contribution in [0, 0.1) is 17.2 Å². The van der Waals surface area contributed by atoms with Gasteiger partial charge in [0.1, 0.15) is 5.82 Å². The highest BCUT2D eigenvalue weighted by atomic mass is 19.1. The van der Waals surface area contributed by atoms with Gasteiger partial charge >= 0.3 is 0 Å². The summed E-state index contributed by atoms with van der Waals surface area (Å²) < 4.78 is 13.0. The molecule has 1 nitrogen and oxygen atoms in total. The normalized spacial score (nSPS) is 33.5. The zero-order valence-corrected chi connectivity index (χ0v) is 8.80. The summed E-state index contributed by atoms with van der Waals surface area (Å²) in [5.74, 6) is 0.774. The van der Waals surface area contributed by atoms with Crippen molar-refractivity contribution in [2.45, 2.75) is 19.3 Å². The first kappa shape index (κ1) is 9.34. The zero-order valence-electron chi connectivity index (χ0n) is 8.80. The molecule has 0 amide bonds. The second-order valence-corrected chi connectivity index (χ2v) is 5.21. The largest absolute Gasteiger partial charge is 0.316 e. The van der Waals surface area contributed by atoms with E-state index in [-0.39, 0.29) is 5.82 Å². The number of halogens is 1. The highest BCUT2D eigenvalue weighted by molar-refractivity contribution is 5.20. The highest BCUT2D eigenvalue weighted by Crippen LogP contribution is 2.49. The van der Waals surface area contributed by atoms with E-state index >= 15 is 0 Å². The second kappa shape index (κ2) is 3.31. The molecular formula is C13H16FN. The zero-order chi connectivity index (χ0) is 10.3. The Balaban J connectivity index is 1.75. The third-order valence-electron chi connectivity index (χ3n) is 3.84. The van der Waals surface area contributed by atoms with Crippen LogP contribution in [0.15, 0.2) is 24.3 Å². The smallest absolute Gasteiger partial charge is 0.123 e. The van der Waals surface area contributed by atoms with Gasteiger partial charge in [-0.3, -0.25) is 0 Å². The fourth-order valence-electron chi connectivity index (χ4n) is 3.28. The minimum absolute atomic E-state index is 0.108. The van der Waals surface area contributed by atoms with Gasteiger partial charge in [-0.25, -0.2) is 4.39 Å². The minimum Gasteiger partial charge on any atom is -0.316 e. The molecule has 3 aliphatic rings. The molecule has 0 unspecified atom stereocenters. The maximum atomic E-state index is 13.0. The Hall–Kier alpha value is -0.890. The second-order valence-electron chi connectivity index (χ2n) is 5.21. The molecule has 1 aromatic carbocycles. The van der Waals surface area contributed by atoms with Crippen molar-refractivity contribution in [2.24, 2.45) is 11.3 Å². The molecule has 1 aliphatic carbocycles. The summed E-state index contributed by atoms with van der Waals surface area (Å²) in [4.78, 5) is 0. The Morgan fingerprint density at radius 1 is 1.40 bits per heavy atom. The number of hydrogen-bond acceptors (Lipinski definition) is 1. The predicted octanol–water partition coefficient (Wildman–Crippen LogP) is 2.37. The van der Waals surface area contributed by atoms with Gasteiger partial charge in [-0.05, 0) is 54.8 Å². The number of benzene rings is 1. The molecule has 2 bridgehead atoms. The van der Waals surface area contributed by atoms with E-state index in [0.717, 1.165) is 24.4 Å². The van der Waals surface area contributed by atoms with Crippen LogP contribution in [0.5, 0.6) is 0 Å². The van der Waals surface area contributed by atoms with Gasteiger partial charge in [0.2, 0.25) is 0 Å². The molecule has 2 heteroatoms. The molecule has 1 saturated carbocycles. The maximum Gasteiger partial charge on any atom is 0.123 e. The first-order valence-electron chi connectivity index (χ1n) is 5.71. The molecule has 0 radical (unpaired) electrons. The molecule has 4 rings (SSSR count). The van der Waals surface area contributed by atoms with E-state index < -0.39 is 0 Å². The Morgan fingerprint density at radius 3 is 2.93 bits per heavy atom. The third-order valence-corrected chi connectivity index (χ3v) is 3.84. The topological polar surface area (TPSA) is 12.0 Å². The van der Waals surface area contributed by atoms with Crippen LogP contribution < -0.4 is 5.32 Å². The Morgan fingerprint density at radius 2 is 2.27 bits per heavy atom. The highest BCUT2D eigenvalue weighted by Gasteiger charge is 2.46. The lowest BCUT2D eigenvalue weighted by Crippen LogP contribution is -2.55. The summed E-state index contributed by atoms with van der Waals surface area (Å²) in [6.45, 7) is 2.30. The Bertz CT molecular complexity index is 363. The molecule has 2 aliphatic heterocycles. The molecule has 0 spiro atoms. The average molecular weight is 205 g/mol. The van der Waals surface area contributed by atoms with Crippen LogP contribution in [0.1, 0.15) is 18.4 Å².